The predicted octanol–water partition coefficient (Wildman–Crippen LogP) is 2.10. The molecule has 3 heteroatoms. The van der Waals surface area contributed by atoms with Crippen molar-refractivity contribution in [3.05, 3.63) is 0 Å². The molecule has 0 aliphatic heterocycles. The molecule has 0 amide bonds. The lowest BCUT2D eigenvalue weighted by molar-refractivity contribution is 0.115. The maximum atomic E-state index is 9.57. The molecular formula is C14H32N2O. The van der Waals surface area contributed by atoms with Crippen molar-refractivity contribution < 1.29 is 5.11 Å². The minimum atomic E-state index is -0.182. The molecule has 0 aromatic heterocycles. The van der Waals surface area contributed by atoms with Gasteiger partial charge in [-0.3, -0.25) is 0 Å². The van der Waals surface area contributed by atoms with E-state index in [9.17, 15) is 5.11 Å². The van der Waals surface area contributed by atoms with Gasteiger partial charge in [0.2, 0.25) is 0 Å². The normalized spacial score (nSPS) is 17.8. The van der Waals surface area contributed by atoms with Crippen molar-refractivity contribution in [1.29, 1.82) is 0 Å². The molecule has 0 fully saturated rings. The van der Waals surface area contributed by atoms with E-state index in [0.717, 1.165) is 13.0 Å². The lowest BCUT2D eigenvalue weighted by Gasteiger charge is -2.37. The fourth-order valence-electron chi connectivity index (χ4n) is 2.43. The first-order valence-electron chi connectivity index (χ1n) is 6.79. The highest BCUT2D eigenvalue weighted by molar-refractivity contribution is 4.88. The van der Waals surface area contributed by atoms with Gasteiger partial charge in [0, 0.05) is 24.2 Å². The molecule has 17 heavy (non-hydrogen) atoms. The summed E-state index contributed by atoms with van der Waals surface area (Å²) < 4.78 is 0. The predicted molar refractivity (Wildman–Crippen MR) is 75.3 cm³/mol. The summed E-state index contributed by atoms with van der Waals surface area (Å²) in [5.74, 6) is 0.681. The Hall–Kier alpha value is -0.120. The van der Waals surface area contributed by atoms with Gasteiger partial charge in [-0.05, 0) is 33.2 Å². The summed E-state index contributed by atoms with van der Waals surface area (Å²) >= 11 is 0. The highest BCUT2D eigenvalue weighted by Gasteiger charge is 2.27. The summed E-state index contributed by atoms with van der Waals surface area (Å²) in [5.41, 5.74) is -0.182. The number of hydrogen-bond donors (Lipinski definition) is 2. The maximum absolute atomic E-state index is 9.57. The van der Waals surface area contributed by atoms with Crippen LogP contribution in [0, 0.1) is 5.92 Å². The van der Waals surface area contributed by atoms with Crippen LogP contribution in [0.2, 0.25) is 0 Å². The molecule has 0 heterocycles. The van der Waals surface area contributed by atoms with Gasteiger partial charge in [0.15, 0.2) is 0 Å². The van der Waals surface area contributed by atoms with E-state index in [0.29, 0.717) is 18.0 Å². The van der Waals surface area contributed by atoms with Gasteiger partial charge in [0.1, 0.15) is 0 Å². The van der Waals surface area contributed by atoms with E-state index in [4.69, 9.17) is 0 Å². The Bertz CT molecular complexity index is 206. The summed E-state index contributed by atoms with van der Waals surface area (Å²) in [7, 11) is 2.16. The van der Waals surface area contributed by atoms with Crippen molar-refractivity contribution in [2.45, 2.75) is 65.6 Å². The molecule has 0 rings (SSSR count). The van der Waals surface area contributed by atoms with Gasteiger partial charge in [-0.2, -0.15) is 0 Å². The Morgan fingerprint density at radius 1 is 1.18 bits per heavy atom. The van der Waals surface area contributed by atoms with Crippen LogP contribution in [0.15, 0.2) is 0 Å². The van der Waals surface area contributed by atoms with Crippen molar-refractivity contribution in [2.24, 2.45) is 5.92 Å². The average molecular weight is 244 g/mol. The molecule has 0 saturated heterocycles. The fourth-order valence-corrected chi connectivity index (χ4v) is 2.43. The van der Waals surface area contributed by atoms with E-state index in [-0.39, 0.29) is 12.1 Å². The number of aliphatic hydroxyl groups excluding tert-OH is 1. The zero-order valence-electron chi connectivity index (χ0n) is 12.7. The van der Waals surface area contributed by atoms with Gasteiger partial charge in [-0.25, -0.2) is 0 Å². The standard InChI is InChI=1S/C14H32N2O/c1-11(2)9-16(7)13(5)8-14(6,10-17)15-12(3)4/h11-13,15,17H,8-10H2,1-7H3. The zero-order chi connectivity index (χ0) is 13.6. The minimum Gasteiger partial charge on any atom is -0.394 e. The van der Waals surface area contributed by atoms with E-state index in [2.05, 4.69) is 58.8 Å². The monoisotopic (exact) mass is 244 g/mol. The Morgan fingerprint density at radius 3 is 2.06 bits per heavy atom. The van der Waals surface area contributed by atoms with E-state index >= 15 is 0 Å². The smallest absolute Gasteiger partial charge is 0.0611 e. The summed E-state index contributed by atoms with van der Waals surface area (Å²) in [5, 5.41) is 13.0. The number of nitrogens with zero attached hydrogens (tertiary/aromatic N) is 1. The third kappa shape index (κ3) is 7.02. The molecule has 2 N–H and O–H groups in total. The first-order chi connectivity index (χ1) is 7.70. The number of rotatable bonds is 8. The molecule has 0 aliphatic rings. The molecule has 2 atom stereocenters. The summed E-state index contributed by atoms with van der Waals surface area (Å²) in [6.45, 7) is 14.3. The summed E-state index contributed by atoms with van der Waals surface area (Å²) in [6.07, 6.45) is 0.963. The van der Waals surface area contributed by atoms with Crippen LogP contribution >= 0.6 is 0 Å². The van der Waals surface area contributed by atoms with Gasteiger partial charge in [0.25, 0.3) is 0 Å². The van der Waals surface area contributed by atoms with Crippen LogP contribution in [-0.2, 0) is 0 Å². The number of nitrogens with one attached hydrogen (secondary N) is 1. The highest BCUT2D eigenvalue weighted by atomic mass is 16.3. The van der Waals surface area contributed by atoms with Gasteiger partial charge in [0.05, 0.1) is 6.61 Å². The van der Waals surface area contributed by atoms with Crippen LogP contribution < -0.4 is 5.32 Å². The molecule has 0 aromatic rings. The molecule has 0 bridgehead atoms. The van der Waals surface area contributed by atoms with E-state index in [1.165, 1.54) is 0 Å². The van der Waals surface area contributed by atoms with E-state index < -0.39 is 0 Å². The second-order valence-electron chi connectivity index (χ2n) is 6.40. The third-order valence-electron chi connectivity index (χ3n) is 3.14. The Kier molecular flexibility index (Phi) is 7.29. The van der Waals surface area contributed by atoms with Gasteiger partial charge >= 0.3 is 0 Å². The van der Waals surface area contributed by atoms with Crippen LogP contribution in [-0.4, -0.2) is 47.8 Å². The Morgan fingerprint density at radius 2 is 1.71 bits per heavy atom. The number of aliphatic hydroxyl groups is 1. The van der Waals surface area contributed by atoms with Gasteiger partial charge in [-0.1, -0.05) is 27.7 Å². The van der Waals surface area contributed by atoms with Crippen LogP contribution in [0.3, 0.4) is 0 Å². The lowest BCUT2D eigenvalue weighted by Crippen LogP contribution is -2.52. The molecule has 0 saturated carbocycles. The van der Waals surface area contributed by atoms with Crippen molar-refractivity contribution in [3.63, 3.8) is 0 Å². The molecular weight excluding hydrogens is 212 g/mol. The maximum Gasteiger partial charge on any atom is 0.0611 e. The molecule has 0 radical (unpaired) electrons. The van der Waals surface area contributed by atoms with Crippen LogP contribution in [0.5, 0.6) is 0 Å². The highest BCUT2D eigenvalue weighted by Crippen LogP contribution is 2.16. The van der Waals surface area contributed by atoms with Crippen LogP contribution in [0.4, 0.5) is 0 Å². The Labute approximate surface area is 108 Å². The molecule has 104 valence electrons. The largest absolute Gasteiger partial charge is 0.394 e. The fraction of sp³-hybridized carbons (Fsp3) is 1.00. The second-order valence-corrected chi connectivity index (χ2v) is 6.40. The molecule has 0 spiro atoms. The average Bonchev–Trinajstić information content (AvgIpc) is 2.15. The lowest BCUT2D eigenvalue weighted by atomic mass is 9.92. The van der Waals surface area contributed by atoms with Gasteiger partial charge < -0.3 is 15.3 Å². The van der Waals surface area contributed by atoms with Crippen molar-refractivity contribution >= 4 is 0 Å². The second kappa shape index (κ2) is 7.34. The van der Waals surface area contributed by atoms with Crippen LogP contribution in [0.1, 0.15) is 48.0 Å². The van der Waals surface area contributed by atoms with Crippen molar-refractivity contribution in [1.82, 2.24) is 10.2 Å². The molecule has 0 aliphatic carbocycles. The van der Waals surface area contributed by atoms with Crippen molar-refractivity contribution in [2.75, 3.05) is 20.2 Å². The molecule has 2 unspecified atom stereocenters. The van der Waals surface area contributed by atoms with Crippen molar-refractivity contribution in [3.8, 4) is 0 Å². The minimum absolute atomic E-state index is 0.182. The summed E-state index contributed by atoms with van der Waals surface area (Å²) in [6, 6.07) is 0.871. The SMILES string of the molecule is CC(C)CN(C)C(C)CC(C)(CO)NC(C)C. The van der Waals surface area contributed by atoms with Gasteiger partial charge in [-0.15, -0.1) is 0 Å². The number of hydrogen-bond acceptors (Lipinski definition) is 3. The molecule has 0 aromatic carbocycles. The first-order valence-corrected chi connectivity index (χ1v) is 6.79. The zero-order valence-corrected chi connectivity index (χ0v) is 12.7. The quantitative estimate of drug-likeness (QED) is 0.686. The van der Waals surface area contributed by atoms with E-state index in [1.807, 2.05) is 0 Å². The summed E-state index contributed by atoms with van der Waals surface area (Å²) in [4.78, 5) is 2.38. The van der Waals surface area contributed by atoms with Crippen LogP contribution in [0.25, 0.3) is 0 Å². The topological polar surface area (TPSA) is 35.5 Å². The molecule has 3 nitrogen and oxygen atoms in total. The van der Waals surface area contributed by atoms with E-state index in [1.54, 1.807) is 0 Å². The first kappa shape index (κ1) is 16.9. The third-order valence-corrected chi connectivity index (χ3v) is 3.14. The Balaban J connectivity index is 4.35.